The molecule has 0 bridgehead atoms. The molecule has 0 saturated carbocycles. The highest BCUT2D eigenvalue weighted by atomic mass is 35.5. The molecule has 1 amide bonds. The third-order valence-corrected chi connectivity index (χ3v) is 4.02. The zero-order chi connectivity index (χ0) is 19.5. The molecule has 9 heteroatoms. The zero-order valence-electron chi connectivity index (χ0n) is 13.9. The maximum Gasteiger partial charge on any atom is 0.417 e. The molecule has 0 aliphatic carbocycles. The number of methoxy groups -OCH3 is 1. The molecule has 0 spiro atoms. The standard InChI is InChI=1S/C17H16ClF3N2O3/c1-10(15(24)22-8-11-3-5-13(26-2)6-4-11)23-9-12(17(19,20)21)7-14(18)16(23)25/h3-7,9-10H,8H2,1-2H3,(H,22,24). The van der Waals surface area contributed by atoms with Crippen LogP contribution in [-0.4, -0.2) is 17.6 Å². The fourth-order valence-corrected chi connectivity index (χ4v) is 2.43. The first-order chi connectivity index (χ1) is 12.1. The van der Waals surface area contributed by atoms with Gasteiger partial charge >= 0.3 is 6.18 Å². The minimum atomic E-state index is -4.68. The molecule has 0 aliphatic heterocycles. The van der Waals surface area contributed by atoms with E-state index in [2.05, 4.69) is 5.32 Å². The molecular formula is C17H16ClF3N2O3. The smallest absolute Gasteiger partial charge is 0.417 e. The lowest BCUT2D eigenvalue weighted by atomic mass is 10.2. The van der Waals surface area contributed by atoms with E-state index >= 15 is 0 Å². The maximum absolute atomic E-state index is 12.9. The molecule has 2 rings (SSSR count). The van der Waals surface area contributed by atoms with Gasteiger partial charge in [-0.1, -0.05) is 23.7 Å². The van der Waals surface area contributed by atoms with Gasteiger partial charge in [-0.15, -0.1) is 0 Å². The third kappa shape index (κ3) is 4.57. The molecule has 1 atom stereocenters. The first kappa shape index (κ1) is 19.8. The largest absolute Gasteiger partial charge is 0.497 e. The quantitative estimate of drug-likeness (QED) is 0.854. The van der Waals surface area contributed by atoms with E-state index < -0.39 is 34.3 Å². The van der Waals surface area contributed by atoms with Crippen molar-refractivity contribution in [1.82, 2.24) is 9.88 Å². The van der Waals surface area contributed by atoms with E-state index in [1.54, 1.807) is 24.3 Å². The van der Waals surface area contributed by atoms with Crippen LogP contribution in [0.4, 0.5) is 13.2 Å². The molecule has 0 radical (unpaired) electrons. The van der Waals surface area contributed by atoms with Gasteiger partial charge in [-0.05, 0) is 30.7 Å². The van der Waals surface area contributed by atoms with Gasteiger partial charge in [0.25, 0.3) is 5.56 Å². The summed E-state index contributed by atoms with van der Waals surface area (Å²) in [6.45, 7) is 1.47. The second kappa shape index (κ2) is 7.82. The number of carbonyl (C=O) groups is 1. The fraction of sp³-hybridized carbons (Fsp3) is 0.294. The van der Waals surface area contributed by atoms with E-state index in [9.17, 15) is 22.8 Å². The summed E-state index contributed by atoms with van der Waals surface area (Å²) in [5, 5.41) is 1.97. The van der Waals surface area contributed by atoms with Crippen molar-refractivity contribution in [2.24, 2.45) is 0 Å². The minimum absolute atomic E-state index is 0.147. The van der Waals surface area contributed by atoms with Crippen molar-refractivity contribution in [3.63, 3.8) is 0 Å². The van der Waals surface area contributed by atoms with Crippen molar-refractivity contribution in [1.29, 1.82) is 0 Å². The summed E-state index contributed by atoms with van der Waals surface area (Å²) in [5.74, 6) is 0.0388. The molecule has 0 fully saturated rings. The average molecular weight is 389 g/mol. The highest BCUT2D eigenvalue weighted by Crippen LogP contribution is 2.30. The Balaban J connectivity index is 2.16. The number of benzene rings is 1. The van der Waals surface area contributed by atoms with Crippen LogP contribution < -0.4 is 15.6 Å². The number of nitrogens with zero attached hydrogens (tertiary/aromatic N) is 1. The topological polar surface area (TPSA) is 60.3 Å². The van der Waals surface area contributed by atoms with E-state index in [1.165, 1.54) is 14.0 Å². The number of halogens is 4. The summed E-state index contributed by atoms with van der Waals surface area (Å²) in [6.07, 6.45) is -4.09. The van der Waals surface area contributed by atoms with Crippen LogP contribution in [0.3, 0.4) is 0 Å². The molecule has 1 heterocycles. The Morgan fingerprint density at radius 3 is 2.46 bits per heavy atom. The van der Waals surface area contributed by atoms with Gasteiger partial charge in [0.2, 0.25) is 5.91 Å². The summed E-state index contributed by atoms with van der Waals surface area (Å²) in [7, 11) is 1.52. The van der Waals surface area contributed by atoms with E-state index in [4.69, 9.17) is 16.3 Å². The van der Waals surface area contributed by atoms with Gasteiger partial charge in [0.05, 0.1) is 12.7 Å². The molecular weight excluding hydrogens is 373 g/mol. The summed E-state index contributed by atoms with van der Waals surface area (Å²) in [4.78, 5) is 24.3. The van der Waals surface area contributed by atoms with Crippen LogP contribution in [-0.2, 0) is 17.5 Å². The van der Waals surface area contributed by atoms with Crippen molar-refractivity contribution in [3.05, 3.63) is 63.0 Å². The summed E-state index contributed by atoms with van der Waals surface area (Å²) in [6, 6.07) is 6.26. The minimum Gasteiger partial charge on any atom is -0.497 e. The van der Waals surface area contributed by atoms with Crippen molar-refractivity contribution in [2.75, 3.05) is 7.11 Å². The van der Waals surface area contributed by atoms with Crippen LogP contribution in [0.5, 0.6) is 5.75 Å². The third-order valence-electron chi connectivity index (χ3n) is 3.75. The average Bonchev–Trinajstić information content (AvgIpc) is 2.60. The number of carbonyl (C=O) groups excluding carboxylic acids is 1. The highest BCUT2D eigenvalue weighted by Gasteiger charge is 2.33. The lowest BCUT2D eigenvalue weighted by Crippen LogP contribution is -2.36. The summed E-state index contributed by atoms with van der Waals surface area (Å²) in [5.41, 5.74) is -1.20. The Morgan fingerprint density at radius 2 is 1.92 bits per heavy atom. The van der Waals surface area contributed by atoms with Crippen LogP contribution in [0.25, 0.3) is 0 Å². The van der Waals surface area contributed by atoms with Crippen molar-refractivity contribution in [3.8, 4) is 5.75 Å². The van der Waals surface area contributed by atoms with Gasteiger partial charge in [-0.2, -0.15) is 13.2 Å². The van der Waals surface area contributed by atoms with Crippen molar-refractivity contribution >= 4 is 17.5 Å². The molecule has 5 nitrogen and oxygen atoms in total. The van der Waals surface area contributed by atoms with E-state index in [0.717, 1.165) is 5.56 Å². The Labute approximate surface area is 152 Å². The van der Waals surface area contributed by atoms with Gasteiger partial charge in [0, 0.05) is 12.7 Å². The van der Waals surface area contributed by atoms with Crippen LogP contribution in [0, 0.1) is 0 Å². The summed E-state index contributed by atoms with van der Waals surface area (Å²) >= 11 is 5.60. The molecule has 0 aliphatic rings. The maximum atomic E-state index is 12.9. The second-order valence-electron chi connectivity index (χ2n) is 5.53. The van der Waals surface area contributed by atoms with Gasteiger partial charge in [0.15, 0.2) is 0 Å². The number of alkyl halides is 3. The van der Waals surface area contributed by atoms with Crippen molar-refractivity contribution in [2.45, 2.75) is 25.7 Å². The Morgan fingerprint density at radius 1 is 1.31 bits per heavy atom. The van der Waals surface area contributed by atoms with E-state index in [-0.39, 0.29) is 6.54 Å². The van der Waals surface area contributed by atoms with Crippen molar-refractivity contribution < 1.29 is 22.7 Å². The first-order valence-corrected chi connectivity index (χ1v) is 7.91. The van der Waals surface area contributed by atoms with Gasteiger partial charge in [-0.3, -0.25) is 9.59 Å². The number of pyridine rings is 1. The predicted octanol–water partition coefficient (Wildman–Crippen LogP) is 3.41. The number of amides is 1. The number of hydrogen-bond acceptors (Lipinski definition) is 3. The molecule has 140 valence electrons. The number of hydrogen-bond donors (Lipinski definition) is 1. The van der Waals surface area contributed by atoms with Gasteiger partial charge in [-0.25, -0.2) is 0 Å². The molecule has 2 aromatic rings. The molecule has 26 heavy (non-hydrogen) atoms. The van der Waals surface area contributed by atoms with E-state index in [1.807, 2.05) is 0 Å². The molecule has 0 saturated heterocycles. The number of ether oxygens (including phenoxy) is 1. The normalized spacial score (nSPS) is 12.5. The van der Waals surface area contributed by atoms with Gasteiger partial charge < -0.3 is 14.6 Å². The number of rotatable bonds is 5. The monoisotopic (exact) mass is 388 g/mol. The van der Waals surface area contributed by atoms with Crippen LogP contribution in [0.15, 0.2) is 41.3 Å². The van der Waals surface area contributed by atoms with E-state index in [0.29, 0.717) is 22.6 Å². The summed E-state index contributed by atoms with van der Waals surface area (Å²) < 4.78 is 44.4. The van der Waals surface area contributed by atoms with Gasteiger partial charge in [0.1, 0.15) is 16.8 Å². The zero-order valence-corrected chi connectivity index (χ0v) is 14.7. The Kier molecular flexibility index (Phi) is 5.97. The molecule has 1 unspecified atom stereocenters. The highest BCUT2D eigenvalue weighted by molar-refractivity contribution is 6.30. The second-order valence-corrected chi connectivity index (χ2v) is 5.94. The lowest BCUT2D eigenvalue weighted by Gasteiger charge is -2.17. The SMILES string of the molecule is COc1ccc(CNC(=O)C(C)n2cc(C(F)(F)F)cc(Cl)c2=O)cc1. The van der Waals surface area contributed by atoms with Crippen LogP contribution in [0.1, 0.15) is 24.1 Å². The van der Waals surface area contributed by atoms with Crippen LogP contribution >= 0.6 is 11.6 Å². The molecule has 1 aromatic carbocycles. The molecule has 1 N–H and O–H groups in total. The Hall–Kier alpha value is -2.48. The predicted molar refractivity (Wildman–Crippen MR) is 90.3 cm³/mol. The number of aromatic nitrogens is 1. The first-order valence-electron chi connectivity index (χ1n) is 7.53. The van der Waals surface area contributed by atoms with Crippen LogP contribution in [0.2, 0.25) is 5.02 Å². The Bertz CT molecular complexity index is 848. The lowest BCUT2D eigenvalue weighted by molar-refractivity contribution is -0.138. The fourth-order valence-electron chi connectivity index (χ4n) is 2.22. The number of nitrogens with one attached hydrogen (secondary N) is 1. The molecule has 1 aromatic heterocycles.